The first-order valence-corrected chi connectivity index (χ1v) is 22.0. The van der Waals surface area contributed by atoms with Crippen LogP contribution < -0.4 is 26.0 Å². The maximum Gasteiger partial charge on any atom is 0.198 e. The monoisotopic (exact) mass is 808 g/mol. The zero-order chi connectivity index (χ0) is 42.2. The van der Waals surface area contributed by atoms with Crippen LogP contribution in [0.3, 0.4) is 0 Å². The molecular weight excluding hydrogens is 763 g/mol. The minimum Gasteiger partial charge on any atom is -0.355 e. The third kappa shape index (κ3) is 5.84. The molecule has 9 aromatic carbocycles. The van der Waals surface area contributed by atoms with Gasteiger partial charge in [0.15, 0.2) is 7.28 Å². The Morgan fingerprint density at radius 2 is 1.06 bits per heavy atom. The summed E-state index contributed by atoms with van der Waals surface area (Å²) in [6.07, 6.45) is 0. The molecule has 300 valence electrons. The molecule has 0 amide bonds. The van der Waals surface area contributed by atoms with Crippen LogP contribution in [-0.4, -0.2) is 11.8 Å². The molecule has 0 saturated heterocycles. The molecule has 2 aliphatic rings. The second kappa shape index (κ2) is 14.4. The second-order valence-corrected chi connectivity index (χ2v) is 17.5. The van der Waals surface area contributed by atoms with E-state index >= 15 is 0 Å². The fourth-order valence-corrected chi connectivity index (χ4v) is 10.4. The lowest BCUT2D eigenvalue weighted by Gasteiger charge is -2.38. The molecule has 0 bridgehead atoms. The Morgan fingerprint density at radius 3 is 1.68 bits per heavy atom. The van der Waals surface area contributed by atoms with Crippen molar-refractivity contribution in [2.75, 3.05) is 15.1 Å². The van der Waals surface area contributed by atoms with Gasteiger partial charge in [-0.3, -0.25) is 0 Å². The lowest BCUT2D eigenvalue weighted by atomic mass is 9.57. The van der Waals surface area contributed by atoms with Gasteiger partial charge in [-0.25, -0.2) is 0 Å². The highest BCUT2D eigenvalue weighted by Gasteiger charge is 2.40. The molecule has 5 heteroatoms. The van der Waals surface area contributed by atoms with Crippen LogP contribution in [0.2, 0.25) is 0 Å². The fraction of sp³-hybridized carbons (Fsp3) is 0.0690. The number of hydrogen-bond donors (Lipinski definition) is 1. The summed E-state index contributed by atoms with van der Waals surface area (Å²) in [5, 5.41) is 6.48. The third-order valence-electron chi connectivity index (χ3n) is 13.4. The summed E-state index contributed by atoms with van der Waals surface area (Å²) in [5.41, 5.74) is 21.5. The number of aromatic nitrogens is 1. The molecule has 0 aliphatic carbocycles. The van der Waals surface area contributed by atoms with Crippen molar-refractivity contribution in [2.24, 2.45) is 0 Å². The summed E-state index contributed by atoms with van der Waals surface area (Å²) in [5.74, 6) is 0. The molecule has 12 rings (SSSR count). The summed E-state index contributed by atoms with van der Waals surface area (Å²) >= 11 is 0. The standard InChI is InChI=1S/C58H45BN4/c1-38-30-32-39(33-31-38)60-51-35-34-44(61(40-18-8-4-9-19-40)41-20-10-5-11-21-41)36-46(51)47-37-52(62(42-22-12-6-13-23-42)43-24-14-7-15-25-43)53-45-26-16-27-48-55(45)63-56-49(58(48,2)3)28-17-29-50(56)59-54(47)57(53)63/h4-37,59-60H,1-3H3. The molecule has 3 heterocycles. The average Bonchev–Trinajstić information content (AvgIpc) is 3.68. The van der Waals surface area contributed by atoms with E-state index in [4.69, 9.17) is 0 Å². The van der Waals surface area contributed by atoms with E-state index in [1.807, 2.05) is 0 Å². The molecule has 4 nitrogen and oxygen atoms in total. The van der Waals surface area contributed by atoms with Crippen LogP contribution in [0.4, 0.5) is 45.5 Å². The highest BCUT2D eigenvalue weighted by atomic mass is 15.2. The van der Waals surface area contributed by atoms with Crippen molar-refractivity contribution in [3.05, 3.63) is 223 Å². The molecule has 0 fully saturated rings. The minimum absolute atomic E-state index is 0.175. The van der Waals surface area contributed by atoms with Crippen molar-refractivity contribution in [3.8, 4) is 16.8 Å². The molecule has 0 atom stereocenters. The van der Waals surface area contributed by atoms with Gasteiger partial charge in [0.05, 0.1) is 16.7 Å². The van der Waals surface area contributed by atoms with Crippen molar-refractivity contribution < 1.29 is 0 Å². The summed E-state index contributed by atoms with van der Waals surface area (Å²) in [6.45, 7) is 6.95. The molecule has 0 unspecified atom stereocenters. The average molecular weight is 809 g/mol. The molecule has 1 N–H and O–H groups in total. The Hall–Kier alpha value is -7.76. The van der Waals surface area contributed by atoms with Gasteiger partial charge in [0.25, 0.3) is 0 Å². The smallest absolute Gasteiger partial charge is 0.198 e. The van der Waals surface area contributed by atoms with E-state index in [1.54, 1.807) is 0 Å². The number of fused-ring (bicyclic) bond motifs is 1. The molecule has 63 heavy (non-hydrogen) atoms. The van der Waals surface area contributed by atoms with Gasteiger partial charge in [-0.2, -0.15) is 0 Å². The van der Waals surface area contributed by atoms with Crippen LogP contribution in [0.25, 0.3) is 38.6 Å². The first-order chi connectivity index (χ1) is 30.9. The van der Waals surface area contributed by atoms with Crippen molar-refractivity contribution in [1.29, 1.82) is 0 Å². The summed E-state index contributed by atoms with van der Waals surface area (Å²) < 4.78 is 2.65. The Bertz CT molecular complexity index is 3280. The number of anilines is 8. The van der Waals surface area contributed by atoms with E-state index in [0.29, 0.717) is 0 Å². The maximum absolute atomic E-state index is 3.92. The first kappa shape index (κ1) is 37.0. The predicted molar refractivity (Wildman–Crippen MR) is 269 cm³/mol. The fourth-order valence-electron chi connectivity index (χ4n) is 10.4. The highest BCUT2D eigenvalue weighted by molar-refractivity contribution is 6.74. The highest BCUT2D eigenvalue weighted by Crippen LogP contribution is 2.52. The van der Waals surface area contributed by atoms with Gasteiger partial charge >= 0.3 is 0 Å². The van der Waals surface area contributed by atoms with E-state index in [-0.39, 0.29) is 5.41 Å². The molecule has 0 saturated carbocycles. The topological polar surface area (TPSA) is 23.4 Å². The number of aryl methyl sites for hydroxylation is 1. The number of benzene rings is 9. The zero-order valence-corrected chi connectivity index (χ0v) is 35.7. The van der Waals surface area contributed by atoms with Gasteiger partial charge in [-0.05, 0) is 114 Å². The number of nitrogens with zero attached hydrogens (tertiary/aromatic N) is 3. The second-order valence-electron chi connectivity index (χ2n) is 17.5. The van der Waals surface area contributed by atoms with Crippen LogP contribution in [0.1, 0.15) is 30.5 Å². The molecule has 0 radical (unpaired) electrons. The number of rotatable bonds is 9. The van der Waals surface area contributed by atoms with Crippen molar-refractivity contribution in [3.63, 3.8) is 0 Å². The number of hydrogen-bond acceptors (Lipinski definition) is 3. The van der Waals surface area contributed by atoms with Gasteiger partial charge < -0.3 is 19.7 Å². The maximum atomic E-state index is 3.92. The molecular formula is C58H45BN4. The van der Waals surface area contributed by atoms with Gasteiger partial charge in [0, 0.05) is 67.2 Å². The van der Waals surface area contributed by atoms with E-state index in [2.05, 4.69) is 247 Å². The van der Waals surface area contributed by atoms with Crippen LogP contribution in [0.15, 0.2) is 206 Å². The van der Waals surface area contributed by atoms with Crippen LogP contribution in [-0.2, 0) is 5.41 Å². The van der Waals surface area contributed by atoms with E-state index in [9.17, 15) is 0 Å². The lowest BCUT2D eigenvalue weighted by molar-refractivity contribution is 0.631. The Labute approximate surface area is 369 Å². The van der Waals surface area contributed by atoms with Crippen LogP contribution >= 0.6 is 0 Å². The third-order valence-corrected chi connectivity index (χ3v) is 13.4. The number of nitrogens with one attached hydrogen (secondary N) is 1. The largest absolute Gasteiger partial charge is 0.355 e. The van der Waals surface area contributed by atoms with Crippen molar-refractivity contribution in [2.45, 2.75) is 26.2 Å². The Kier molecular flexibility index (Phi) is 8.48. The SMILES string of the molecule is Cc1ccc(Nc2ccc(N(c3ccccc3)c3ccccc3)cc2-c2cc(N(c3ccccc3)c3ccccc3)c3c4cccc5c4n4c3c2Bc2cccc(c2-4)C5(C)C)cc1. The van der Waals surface area contributed by atoms with Gasteiger partial charge in [-0.15, -0.1) is 0 Å². The van der Waals surface area contributed by atoms with Gasteiger partial charge in [0.1, 0.15) is 0 Å². The zero-order valence-electron chi connectivity index (χ0n) is 35.7. The quantitative estimate of drug-likeness (QED) is 0.147. The Morgan fingerprint density at radius 1 is 0.492 bits per heavy atom. The Balaban J connectivity index is 1.23. The van der Waals surface area contributed by atoms with Crippen molar-refractivity contribution in [1.82, 2.24) is 4.57 Å². The summed E-state index contributed by atoms with van der Waals surface area (Å²) in [6, 6.07) is 75.3. The summed E-state index contributed by atoms with van der Waals surface area (Å²) in [7, 11) is 0.809. The molecule has 2 aliphatic heterocycles. The normalized spacial score (nSPS) is 12.9. The molecule has 0 spiro atoms. The predicted octanol–water partition coefficient (Wildman–Crippen LogP) is 13.8. The van der Waals surface area contributed by atoms with Crippen LogP contribution in [0, 0.1) is 6.92 Å². The molecule has 1 aromatic heterocycles. The lowest BCUT2D eigenvalue weighted by Crippen LogP contribution is -2.41. The van der Waals surface area contributed by atoms with Crippen molar-refractivity contribution >= 4 is 85.5 Å². The number of para-hydroxylation sites is 6. The van der Waals surface area contributed by atoms with Gasteiger partial charge in [0.2, 0.25) is 0 Å². The molecule has 10 aromatic rings. The summed E-state index contributed by atoms with van der Waals surface area (Å²) in [4.78, 5) is 4.84. The van der Waals surface area contributed by atoms with Crippen LogP contribution in [0.5, 0.6) is 0 Å². The van der Waals surface area contributed by atoms with E-state index < -0.39 is 0 Å². The first-order valence-electron chi connectivity index (χ1n) is 22.0. The minimum atomic E-state index is -0.175. The van der Waals surface area contributed by atoms with Gasteiger partial charge in [-0.1, -0.05) is 146 Å². The van der Waals surface area contributed by atoms with E-state index in [0.717, 1.165) is 58.3 Å². The van der Waals surface area contributed by atoms with E-state index in [1.165, 1.54) is 60.7 Å².